The fourth-order valence-corrected chi connectivity index (χ4v) is 1.52. The topological polar surface area (TPSA) is 49.9 Å². The molecule has 0 fully saturated rings. The summed E-state index contributed by atoms with van der Waals surface area (Å²) in [5.41, 5.74) is 3.22. The molecule has 0 bridgehead atoms. The van der Waals surface area contributed by atoms with E-state index < -0.39 is 0 Å². The lowest BCUT2D eigenvalue weighted by Crippen LogP contribution is -2.01. The molecule has 0 unspecified atom stereocenters. The summed E-state index contributed by atoms with van der Waals surface area (Å²) in [6.07, 6.45) is 3.47. The second-order valence-corrected chi connectivity index (χ2v) is 3.63. The number of imidazole rings is 1. The molecule has 4 heteroatoms. The Labute approximate surface area is 94.7 Å². The molecular formula is C12H15N3O. The minimum atomic E-state index is 0.708. The van der Waals surface area contributed by atoms with Crippen LogP contribution in [0.15, 0.2) is 30.7 Å². The van der Waals surface area contributed by atoms with Crippen LogP contribution >= 0.6 is 0 Å². The minimum Gasteiger partial charge on any atom is -0.495 e. The van der Waals surface area contributed by atoms with Gasteiger partial charge < -0.3 is 15.0 Å². The number of aromatic amines is 1. The number of anilines is 1. The summed E-state index contributed by atoms with van der Waals surface area (Å²) in [4.78, 5) is 7.01. The van der Waals surface area contributed by atoms with Gasteiger partial charge in [0.1, 0.15) is 5.75 Å². The average Bonchev–Trinajstić information content (AvgIpc) is 2.80. The van der Waals surface area contributed by atoms with Crippen LogP contribution in [-0.4, -0.2) is 17.1 Å². The standard InChI is InChI=1S/C12H15N3O/c1-9-3-4-11(12(5-9)16-2)14-7-10-6-13-8-15-10/h3-6,8,14H,7H2,1-2H3,(H,13,15). The van der Waals surface area contributed by atoms with Gasteiger partial charge in [-0.25, -0.2) is 4.98 Å². The van der Waals surface area contributed by atoms with E-state index in [2.05, 4.69) is 21.4 Å². The van der Waals surface area contributed by atoms with Crippen LogP contribution in [0.1, 0.15) is 11.3 Å². The second-order valence-electron chi connectivity index (χ2n) is 3.63. The second kappa shape index (κ2) is 4.70. The maximum atomic E-state index is 5.31. The highest BCUT2D eigenvalue weighted by Crippen LogP contribution is 2.25. The third-order valence-electron chi connectivity index (χ3n) is 2.38. The number of nitrogens with zero attached hydrogens (tertiary/aromatic N) is 1. The van der Waals surface area contributed by atoms with Crippen molar-refractivity contribution in [1.82, 2.24) is 9.97 Å². The average molecular weight is 217 g/mol. The summed E-state index contributed by atoms with van der Waals surface area (Å²) in [5, 5.41) is 3.30. The van der Waals surface area contributed by atoms with E-state index in [1.165, 1.54) is 5.56 Å². The highest BCUT2D eigenvalue weighted by atomic mass is 16.5. The van der Waals surface area contributed by atoms with E-state index in [1.54, 1.807) is 19.6 Å². The fraction of sp³-hybridized carbons (Fsp3) is 0.250. The van der Waals surface area contributed by atoms with Crippen molar-refractivity contribution in [1.29, 1.82) is 0 Å². The molecule has 2 rings (SSSR count). The Bertz CT molecular complexity index is 451. The number of nitrogens with one attached hydrogen (secondary N) is 2. The molecule has 0 saturated heterocycles. The van der Waals surface area contributed by atoms with Crippen molar-refractivity contribution in [3.05, 3.63) is 42.0 Å². The van der Waals surface area contributed by atoms with Gasteiger partial charge in [-0.15, -0.1) is 0 Å². The van der Waals surface area contributed by atoms with Crippen molar-refractivity contribution < 1.29 is 4.74 Å². The van der Waals surface area contributed by atoms with Gasteiger partial charge in [0, 0.05) is 6.20 Å². The summed E-state index contributed by atoms with van der Waals surface area (Å²) >= 11 is 0. The normalized spacial score (nSPS) is 10.1. The van der Waals surface area contributed by atoms with Crippen molar-refractivity contribution in [2.45, 2.75) is 13.5 Å². The van der Waals surface area contributed by atoms with E-state index >= 15 is 0 Å². The first-order chi connectivity index (χ1) is 7.79. The molecule has 0 aliphatic carbocycles. The zero-order valence-electron chi connectivity index (χ0n) is 9.45. The number of H-pyrrole nitrogens is 1. The number of benzene rings is 1. The highest BCUT2D eigenvalue weighted by molar-refractivity contribution is 5.57. The molecular weight excluding hydrogens is 202 g/mol. The third kappa shape index (κ3) is 2.34. The smallest absolute Gasteiger partial charge is 0.142 e. The van der Waals surface area contributed by atoms with Crippen LogP contribution in [0.5, 0.6) is 5.75 Å². The number of aromatic nitrogens is 2. The largest absolute Gasteiger partial charge is 0.495 e. The van der Waals surface area contributed by atoms with Crippen LogP contribution in [0, 0.1) is 6.92 Å². The van der Waals surface area contributed by atoms with Crippen LogP contribution in [0.2, 0.25) is 0 Å². The molecule has 0 aliphatic rings. The first kappa shape index (κ1) is 10.5. The third-order valence-corrected chi connectivity index (χ3v) is 2.38. The molecule has 0 spiro atoms. The van der Waals surface area contributed by atoms with Crippen molar-refractivity contribution in [3.63, 3.8) is 0 Å². The molecule has 0 aliphatic heterocycles. The van der Waals surface area contributed by atoms with Gasteiger partial charge in [0.15, 0.2) is 0 Å². The van der Waals surface area contributed by atoms with E-state index in [9.17, 15) is 0 Å². The van der Waals surface area contributed by atoms with Gasteiger partial charge in [-0.05, 0) is 24.6 Å². The fourth-order valence-electron chi connectivity index (χ4n) is 1.52. The Balaban J connectivity index is 2.09. The Hall–Kier alpha value is -1.97. The first-order valence-electron chi connectivity index (χ1n) is 5.15. The monoisotopic (exact) mass is 217 g/mol. The number of methoxy groups -OCH3 is 1. The van der Waals surface area contributed by atoms with E-state index in [0.717, 1.165) is 17.1 Å². The number of ether oxygens (including phenoxy) is 1. The lowest BCUT2D eigenvalue weighted by Gasteiger charge is -2.10. The van der Waals surface area contributed by atoms with Crippen LogP contribution < -0.4 is 10.1 Å². The summed E-state index contributed by atoms with van der Waals surface area (Å²) in [5.74, 6) is 0.861. The van der Waals surface area contributed by atoms with Crippen LogP contribution in [0.25, 0.3) is 0 Å². The van der Waals surface area contributed by atoms with E-state index in [4.69, 9.17) is 4.74 Å². The quantitative estimate of drug-likeness (QED) is 0.826. The van der Waals surface area contributed by atoms with Crippen molar-refractivity contribution in [2.24, 2.45) is 0 Å². The molecule has 1 aromatic carbocycles. The molecule has 1 aromatic heterocycles. The summed E-state index contributed by atoms with van der Waals surface area (Å²) in [6, 6.07) is 6.08. The van der Waals surface area contributed by atoms with Crippen LogP contribution in [0.3, 0.4) is 0 Å². The summed E-state index contributed by atoms with van der Waals surface area (Å²) < 4.78 is 5.31. The van der Waals surface area contributed by atoms with Gasteiger partial charge >= 0.3 is 0 Å². The Morgan fingerprint density at radius 1 is 1.44 bits per heavy atom. The molecule has 84 valence electrons. The zero-order chi connectivity index (χ0) is 11.4. The first-order valence-corrected chi connectivity index (χ1v) is 5.15. The van der Waals surface area contributed by atoms with Gasteiger partial charge in [-0.2, -0.15) is 0 Å². The van der Waals surface area contributed by atoms with Gasteiger partial charge in [-0.1, -0.05) is 6.07 Å². The van der Waals surface area contributed by atoms with Gasteiger partial charge in [-0.3, -0.25) is 0 Å². The highest BCUT2D eigenvalue weighted by Gasteiger charge is 2.02. The maximum Gasteiger partial charge on any atom is 0.142 e. The Kier molecular flexibility index (Phi) is 3.10. The zero-order valence-corrected chi connectivity index (χ0v) is 9.45. The van der Waals surface area contributed by atoms with Crippen molar-refractivity contribution >= 4 is 5.69 Å². The predicted molar refractivity (Wildman–Crippen MR) is 63.6 cm³/mol. The van der Waals surface area contributed by atoms with Crippen LogP contribution in [0.4, 0.5) is 5.69 Å². The van der Waals surface area contributed by atoms with Gasteiger partial charge in [0.05, 0.1) is 31.4 Å². The number of aryl methyl sites for hydroxylation is 1. The molecule has 0 amide bonds. The van der Waals surface area contributed by atoms with Crippen molar-refractivity contribution in [2.75, 3.05) is 12.4 Å². The molecule has 0 radical (unpaired) electrons. The molecule has 0 saturated carbocycles. The van der Waals surface area contributed by atoms with Crippen molar-refractivity contribution in [3.8, 4) is 5.75 Å². The van der Waals surface area contributed by atoms with Crippen LogP contribution in [-0.2, 0) is 6.54 Å². The molecule has 4 nitrogen and oxygen atoms in total. The lowest BCUT2D eigenvalue weighted by molar-refractivity contribution is 0.416. The number of hydrogen-bond acceptors (Lipinski definition) is 3. The molecule has 16 heavy (non-hydrogen) atoms. The SMILES string of the molecule is COc1cc(C)ccc1NCc1cnc[nH]1. The molecule has 0 atom stereocenters. The Morgan fingerprint density at radius 2 is 2.31 bits per heavy atom. The minimum absolute atomic E-state index is 0.708. The molecule has 2 aromatic rings. The van der Waals surface area contributed by atoms with E-state index in [-0.39, 0.29) is 0 Å². The molecule has 1 heterocycles. The van der Waals surface area contributed by atoms with E-state index in [0.29, 0.717) is 6.54 Å². The Morgan fingerprint density at radius 3 is 3.00 bits per heavy atom. The molecule has 2 N–H and O–H groups in total. The summed E-state index contributed by atoms with van der Waals surface area (Å²) in [7, 11) is 1.68. The predicted octanol–water partition coefficient (Wildman–Crippen LogP) is 2.34. The summed E-state index contributed by atoms with van der Waals surface area (Å²) in [6.45, 7) is 2.75. The number of hydrogen-bond donors (Lipinski definition) is 2. The number of rotatable bonds is 4. The van der Waals surface area contributed by atoms with E-state index in [1.807, 2.05) is 19.1 Å². The van der Waals surface area contributed by atoms with Gasteiger partial charge in [0.25, 0.3) is 0 Å². The maximum absolute atomic E-state index is 5.31. The lowest BCUT2D eigenvalue weighted by atomic mass is 10.2. The van der Waals surface area contributed by atoms with Gasteiger partial charge in [0.2, 0.25) is 0 Å².